The number of benzene rings is 1. The smallest absolute Gasteiger partial charge is 0.423 e. The van der Waals surface area contributed by atoms with Crippen LogP contribution in [-0.2, 0) is 10.3 Å². The molecule has 0 saturated carbocycles. The molecule has 1 rings (SSSR count). The van der Waals surface area contributed by atoms with Gasteiger partial charge in [0.1, 0.15) is 5.75 Å². The summed E-state index contributed by atoms with van der Waals surface area (Å²) in [5.41, 5.74) is -2.59. The minimum absolute atomic E-state index is 0.0918. The predicted molar refractivity (Wildman–Crippen MR) is 99.9 cm³/mol. The average Bonchev–Trinajstić information content (AvgIpc) is 2.62. The zero-order valence-electron chi connectivity index (χ0n) is 16.6. The van der Waals surface area contributed by atoms with Crippen molar-refractivity contribution in [2.24, 2.45) is 4.99 Å². The van der Waals surface area contributed by atoms with Crippen LogP contribution in [0.25, 0.3) is 0 Å². The van der Waals surface area contributed by atoms with Crippen molar-refractivity contribution in [1.82, 2.24) is 4.90 Å². The van der Waals surface area contributed by atoms with Gasteiger partial charge in [0.25, 0.3) is 0 Å². The Morgan fingerprint density at radius 3 is 2.44 bits per heavy atom. The maximum Gasteiger partial charge on any atom is 0.423 e. The lowest BCUT2D eigenvalue weighted by Gasteiger charge is -2.32. The number of methoxy groups -OCH3 is 1. The number of alkyl halides is 3. The molecule has 0 bridgehead atoms. The maximum atomic E-state index is 13.7. The summed E-state index contributed by atoms with van der Waals surface area (Å²) in [6.07, 6.45) is -1.94. The number of hydrogen-bond acceptors (Lipinski definition) is 4. The standard InChI is InChI=1S/C19H29F3N2O3/c1-6-8-9-27-12-18(25,19(20,21)22)15-10-14(3)16(11-17(15)26-5)23-13-24(4)7-2/h10-11,13,25H,6-9,12H2,1-5H3. The highest BCUT2D eigenvalue weighted by Crippen LogP contribution is 2.45. The molecule has 0 radical (unpaired) electrons. The summed E-state index contributed by atoms with van der Waals surface area (Å²) >= 11 is 0. The van der Waals surface area contributed by atoms with E-state index in [1.807, 2.05) is 25.8 Å². The van der Waals surface area contributed by atoms with Crippen molar-refractivity contribution in [3.63, 3.8) is 0 Å². The summed E-state index contributed by atoms with van der Waals surface area (Å²) < 4.78 is 51.4. The number of halogens is 3. The second-order valence-electron chi connectivity index (χ2n) is 6.42. The molecule has 1 aromatic rings. The van der Waals surface area contributed by atoms with Crippen molar-refractivity contribution in [2.75, 3.05) is 33.9 Å². The van der Waals surface area contributed by atoms with Gasteiger partial charge in [0.15, 0.2) is 0 Å². The highest BCUT2D eigenvalue weighted by molar-refractivity contribution is 5.65. The predicted octanol–water partition coefficient (Wildman–Crippen LogP) is 4.18. The summed E-state index contributed by atoms with van der Waals surface area (Å²) in [5, 5.41) is 10.5. The van der Waals surface area contributed by atoms with Gasteiger partial charge in [-0.05, 0) is 31.9 Å². The third kappa shape index (κ3) is 5.84. The Labute approximate surface area is 158 Å². The molecule has 0 heterocycles. The van der Waals surface area contributed by atoms with Crippen LogP contribution in [-0.4, -0.2) is 56.4 Å². The molecule has 27 heavy (non-hydrogen) atoms. The van der Waals surface area contributed by atoms with Gasteiger partial charge in [-0.2, -0.15) is 13.2 Å². The van der Waals surface area contributed by atoms with Crippen LogP contribution in [0.2, 0.25) is 0 Å². The highest BCUT2D eigenvalue weighted by atomic mass is 19.4. The number of unbranched alkanes of at least 4 members (excludes halogenated alkanes) is 1. The molecule has 0 saturated heterocycles. The lowest BCUT2D eigenvalue weighted by molar-refractivity contribution is -0.282. The fourth-order valence-electron chi connectivity index (χ4n) is 2.33. The van der Waals surface area contributed by atoms with E-state index in [4.69, 9.17) is 9.47 Å². The SMILES string of the molecule is CCCCOCC(O)(c1cc(C)c(N=CN(C)CC)cc1OC)C(F)(F)F. The Hall–Kier alpha value is -1.80. The Morgan fingerprint density at radius 1 is 1.26 bits per heavy atom. The van der Waals surface area contributed by atoms with Crippen LogP contribution in [0.3, 0.4) is 0 Å². The van der Waals surface area contributed by atoms with Gasteiger partial charge in [-0.15, -0.1) is 0 Å². The number of aliphatic imine (C=N–C) groups is 1. The third-order valence-corrected chi connectivity index (χ3v) is 4.28. The van der Waals surface area contributed by atoms with Gasteiger partial charge in [-0.1, -0.05) is 13.3 Å². The summed E-state index contributed by atoms with van der Waals surface area (Å²) in [7, 11) is 3.09. The molecular formula is C19H29F3N2O3. The quantitative estimate of drug-likeness (QED) is 0.370. The van der Waals surface area contributed by atoms with Gasteiger partial charge < -0.3 is 19.5 Å². The van der Waals surface area contributed by atoms with Gasteiger partial charge in [-0.3, -0.25) is 0 Å². The average molecular weight is 390 g/mol. The minimum Gasteiger partial charge on any atom is -0.496 e. The van der Waals surface area contributed by atoms with E-state index < -0.39 is 18.4 Å². The maximum absolute atomic E-state index is 13.7. The van der Waals surface area contributed by atoms with Crippen LogP contribution in [0.1, 0.15) is 37.8 Å². The summed E-state index contributed by atoms with van der Waals surface area (Å²) in [5.74, 6) is -0.0918. The number of aryl methyl sites for hydroxylation is 1. The Morgan fingerprint density at radius 2 is 1.93 bits per heavy atom. The topological polar surface area (TPSA) is 54.3 Å². The van der Waals surface area contributed by atoms with Gasteiger partial charge >= 0.3 is 6.18 Å². The normalized spacial score (nSPS) is 14.4. The van der Waals surface area contributed by atoms with E-state index in [1.54, 1.807) is 13.3 Å². The first kappa shape index (κ1) is 23.2. The number of aliphatic hydroxyl groups is 1. The van der Waals surface area contributed by atoms with Crippen molar-refractivity contribution in [1.29, 1.82) is 0 Å². The molecule has 1 atom stereocenters. The molecular weight excluding hydrogens is 361 g/mol. The van der Waals surface area contributed by atoms with E-state index in [9.17, 15) is 18.3 Å². The van der Waals surface area contributed by atoms with E-state index in [-0.39, 0.29) is 17.9 Å². The fourth-order valence-corrected chi connectivity index (χ4v) is 2.33. The minimum atomic E-state index is -4.92. The summed E-state index contributed by atoms with van der Waals surface area (Å²) in [4.78, 5) is 6.11. The van der Waals surface area contributed by atoms with Gasteiger partial charge in [0.05, 0.1) is 25.7 Å². The van der Waals surface area contributed by atoms with Gasteiger partial charge in [0, 0.05) is 31.8 Å². The number of rotatable bonds is 10. The molecule has 1 N–H and O–H groups in total. The van der Waals surface area contributed by atoms with Crippen molar-refractivity contribution in [3.05, 3.63) is 23.3 Å². The first-order valence-electron chi connectivity index (χ1n) is 8.91. The number of nitrogens with zero attached hydrogens (tertiary/aromatic N) is 2. The molecule has 0 amide bonds. The number of ether oxygens (including phenoxy) is 2. The molecule has 0 spiro atoms. The van der Waals surface area contributed by atoms with E-state index >= 15 is 0 Å². The molecule has 0 aromatic heterocycles. The lowest BCUT2D eigenvalue weighted by Crippen LogP contribution is -2.46. The van der Waals surface area contributed by atoms with Crippen LogP contribution in [0.4, 0.5) is 18.9 Å². The second-order valence-corrected chi connectivity index (χ2v) is 6.42. The zero-order valence-corrected chi connectivity index (χ0v) is 16.6. The molecule has 1 aromatic carbocycles. The molecule has 1 unspecified atom stereocenters. The first-order chi connectivity index (χ1) is 12.6. The van der Waals surface area contributed by atoms with E-state index in [0.29, 0.717) is 17.7 Å². The summed E-state index contributed by atoms with van der Waals surface area (Å²) in [6, 6.07) is 2.65. The Balaban J connectivity index is 3.33. The lowest BCUT2D eigenvalue weighted by atomic mass is 9.91. The Bertz CT molecular complexity index is 635. The molecule has 0 aliphatic heterocycles. The van der Waals surface area contributed by atoms with Gasteiger partial charge in [-0.25, -0.2) is 4.99 Å². The zero-order chi connectivity index (χ0) is 20.7. The molecule has 5 nitrogen and oxygen atoms in total. The van der Waals surface area contributed by atoms with E-state index in [0.717, 1.165) is 13.0 Å². The van der Waals surface area contributed by atoms with Crippen LogP contribution in [0.5, 0.6) is 5.75 Å². The summed E-state index contributed by atoms with van der Waals surface area (Å²) in [6.45, 7) is 5.47. The third-order valence-electron chi connectivity index (χ3n) is 4.28. The van der Waals surface area contributed by atoms with Crippen LogP contribution < -0.4 is 4.74 Å². The van der Waals surface area contributed by atoms with E-state index in [1.165, 1.54) is 19.2 Å². The first-order valence-corrected chi connectivity index (χ1v) is 8.91. The van der Waals surface area contributed by atoms with Gasteiger partial charge in [0.2, 0.25) is 5.60 Å². The van der Waals surface area contributed by atoms with Crippen LogP contribution in [0.15, 0.2) is 17.1 Å². The Kier molecular flexibility index (Phi) is 8.56. The van der Waals surface area contributed by atoms with Crippen molar-refractivity contribution in [3.8, 4) is 5.75 Å². The van der Waals surface area contributed by atoms with E-state index in [2.05, 4.69) is 4.99 Å². The van der Waals surface area contributed by atoms with Crippen LogP contribution >= 0.6 is 0 Å². The molecule has 154 valence electrons. The van der Waals surface area contributed by atoms with Crippen molar-refractivity contribution < 1.29 is 27.8 Å². The monoisotopic (exact) mass is 390 g/mol. The highest BCUT2D eigenvalue weighted by Gasteiger charge is 2.56. The van der Waals surface area contributed by atoms with Crippen molar-refractivity contribution in [2.45, 2.75) is 45.4 Å². The number of hydrogen-bond donors (Lipinski definition) is 1. The fraction of sp³-hybridized carbons (Fsp3) is 0.632. The van der Waals surface area contributed by atoms with Crippen LogP contribution in [0, 0.1) is 6.92 Å². The largest absolute Gasteiger partial charge is 0.496 e. The second kappa shape index (κ2) is 9.94. The molecule has 0 aliphatic carbocycles. The molecule has 8 heteroatoms. The molecule has 0 aliphatic rings. The molecule has 0 fully saturated rings. The van der Waals surface area contributed by atoms with Crippen molar-refractivity contribution >= 4 is 12.0 Å².